The second-order valence-electron chi connectivity index (χ2n) is 6.72. The van der Waals surface area contributed by atoms with E-state index < -0.39 is 4.92 Å². The van der Waals surface area contributed by atoms with E-state index in [1.807, 2.05) is 24.0 Å². The number of non-ortho nitro benzene ring substituents is 1. The minimum Gasteiger partial charge on any atom is -0.469 e. The number of furan rings is 1. The van der Waals surface area contributed by atoms with Gasteiger partial charge in [-0.1, -0.05) is 0 Å². The number of carbonyl (C=O) groups excluding carboxylic acids is 1. The van der Waals surface area contributed by atoms with Gasteiger partial charge in [0.05, 0.1) is 11.2 Å². The standard InChI is InChI=1S/C19H24N4O4/c1-15(4-9-18-3-2-14-27-18)20-19(24)22-12-10-21(11-13-22)16-5-7-17(8-6-16)23(25)26/h2-3,5-8,14-15H,4,9-13H2,1H3,(H,20,24). The number of benzene rings is 1. The Morgan fingerprint density at radius 2 is 1.93 bits per heavy atom. The lowest BCUT2D eigenvalue weighted by Crippen LogP contribution is -2.53. The summed E-state index contributed by atoms with van der Waals surface area (Å²) in [5, 5.41) is 13.8. The number of hydrogen-bond acceptors (Lipinski definition) is 5. The van der Waals surface area contributed by atoms with Gasteiger partial charge in [-0.05, 0) is 37.6 Å². The zero-order valence-electron chi connectivity index (χ0n) is 15.3. The summed E-state index contributed by atoms with van der Waals surface area (Å²) in [5.41, 5.74) is 1.02. The molecule has 0 aliphatic carbocycles. The highest BCUT2D eigenvalue weighted by Gasteiger charge is 2.22. The molecule has 0 spiro atoms. The molecule has 1 aliphatic rings. The third-order valence-corrected chi connectivity index (χ3v) is 4.77. The highest BCUT2D eigenvalue weighted by atomic mass is 16.6. The summed E-state index contributed by atoms with van der Waals surface area (Å²) in [4.78, 5) is 26.7. The first kappa shape index (κ1) is 18.8. The number of amides is 2. The van der Waals surface area contributed by atoms with E-state index in [2.05, 4.69) is 10.2 Å². The fourth-order valence-corrected chi connectivity index (χ4v) is 3.14. The highest BCUT2D eigenvalue weighted by molar-refractivity contribution is 5.75. The Morgan fingerprint density at radius 3 is 2.52 bits per heavy atom. The molecule has 1 aromatic carbocycles. The smallest absolute Gasteiger partial charge is 0.317 e. The third-order valence-electron chi connectivity index (χ3n) is 4.77. The van der Waals surface area contributed by atoms with Crippen molar-refractivity contribution in [2.75, 3.05) is 31.1 Å². The van der Waals surface area contributed by atoms with Gasteiger partial charge in [-0.2, -0.15) is 0 Å². The van der Waals surface area contributed by atoms with Crippen LogP contribution in [0, 0.1) is 10.1 Å². The van der Waals surface area contributed by atoms with E-state index in [0.717, 1.165) is 24.3 Å². The minimum absolute atomic E-state index is 0.0507. The summed E-state index contributed by atoms with van der Waals surface area (Å²) in [6.07, 6.45) is 3.27. The first-order valence-corrected chi connectivity index (χ1v) is 9.10. The number of aryl methyl sites for hydroxylation is 1. The quantitative estimate of drug-likeness (QED) is 0.621. The molecule has 1 aromatic heterocycles. The van der Waals surface area contributed by atoms with E-state index in [1.165, 1.54) is 12.1 Å². The van der Waals surface area contributed by atoms with Crippen molar-refractivity contribution in [3.05, 3.63) is 58.5 Å². The van der Waals surface area contributed by atoms with Crippen LogP contribution in [0.3, 0.4) is 0 Å². The van der Waals surface area contributed by atoms with Crippen LogP contribution in [0.25, 0.3) is 0 Å². The van der Waals surface area contributed by atoms with Crippen molar-refractivity contribution in [2.24, 2.45) is 0 Å². The molecule has 0 saturated carbocycles. The fraction of sp³-hybridized carbons (Fsp3) is 0.421. The predicted octanol–water partition coefficient (Wildman–Crippen LogP) is 3.04. The van der Waals surface area contributed by atoms with Gasteiger partial charge in [0.15, 0.2) is 0 Å². The molecule has 1 N–H and O–H groups in total. The Kier molecular flexibility index (Phi) is 5.95. The molecule has 0 bridgehead atoms. The minimum atomic E-state index is -0.404. The number of nitrogens with one attached hydrogen (secondary N) is 1. The Balaban J connectivity index is 1.43. The van der Waals surface area contributed by atoms with Gasteiger partial charge in [0.25, 0.3) is 5.69 Å². The van der Waals surface area contributed by atoms with Crippen molar-refractivity contribution in [2.45, 2.75) is 25.8 Å². The fourth-order valence-electron chi connectivity index (χ4n) is 3.14. The van der Waals surface area contributed by atoms with Crippen LogP contribution in [0.1, 0.15) is 19.1 Å². The summed E-state index contributed by atoms with van der Waals surface area (Å²) in [6.45, 7) is 4.63. The normalized spacial score (nSPS) is 15.4. The van der Waals surface area contributed by atoms with Crippen molar-refractivity contribution in [1.82, 2.24) is 10.2 Å². The van der Waals surface area contributed by atoms with Crippen LogP contribution in [-0.2, 0) is 6.42 Å². The SMILES string of the molecule is CC(CCc1ccco1)NC(=O)N1CCN(c2ccc([N+](=O)[O-])cc2)CC1. The summed E-state index contributed by atoms with van der Waals surface area (Å²) < 4.78 is 5.31. The largest absolute Gasteiger partial charge is 0.469 e. The molecule has 3 rings (SSSR count). The lowest BCUT2D eigenvalue weighted by molar-refractivity contribution is -0.384. The zero-order valence-corrected chi connectivity index (χ0v) is 15.3. The van der Waals surface area contributed by atoms with Crippen LogP contribution in [0.15, 0.2) is 47.1 Å². The number of nitrogens with zero attached hydrogens (tertiary/aromatic N) is 3. The molecule has 1 aliphatic heterocycles. The highest BCUT2D eigenvalue weighted by Crippen LogP contribution is 2.20. The van der Waals surface area contributed by atoms with Gasteiger partial charge in [-0.15, -0.1) is 0 Å². The van der Waals surface area contributed by atoms with Gasteiger partial charge in [0, 0.05) is 56.5 Å². The number of anilines is 1. The topological polar surface area (TPSA) is 91.9 Å². The Bertz CT molecular complexity index is 753. The molecule has 144 valence electrons. The summed E-state index contributed by atoms with van der Waals surface area (Å²) >= 11 is 0. The molecule has 8 nitrogen and oxygen atoms in total. The van der Waals surface area contributed by atoms with Gasteiger partial charge in [0.2, 0.25) is 0 Å². The maximum atomic E-state index is 12.4. The molecule has 2 heterocycles. The van der Waals surface area contributed by atoms with Crippen LogP contribution in [0.5, 0.6) is 0 Å². The molecule has 1 saturated heterocycles. The van der Waals surface area contributed by atoms with E-state index in [9.17, 15) is 14.9 Å². The molecular formula is C19H24N4O4. The van der Waals surface area contributed by atoms with Crippen molar-refractivity contribution < 1.29 is 14.1 Å². The number of urea groups is 1. The summed E-state index contributed by atoms with van der Waals surface area (Å²) in [5.74, 6) is 0.924. The maximum Gasteiger partial charge on any atom is 0.317 e. The average Bonchev–Trinajstić information content (AvgIpc) is 3.20. The van der Waals surface area contributed by atoms with Crippen LogP contribution >= 0.6 is 0 Å². The Hall–Kier alpha value is -3.03. The molecule has 27 heavy (non-hydrogen) atoms. The number of rotatable bonds is 6. The van der Waals surface area contributed by atoms with Crippen molar-refractivity contribution in [3.63, 3.8) is 0 Å². The average molecular weight is 372 g/mol. The molecule has 1 atom stereocenters. The first-order chi connectivity index (χ1) is 13.0. The molecule has 2 aromatic rings. The van der Waals surface area contributed by atoms with Crippen LogP contribution in [-0.4, -0.2) is 48.1 Å². The van der Waals surface area contributed by atoms with Gasteiger partial charge < -0.3 is 19.5 Å². The van der Waals surface area contributed by atoms with E-state index in [1.54, 1.807) is 18.4 Å². The Morgan fingerprint density at radius 1 is 1.22 bits per heavy atom. The van der Waals surface area contributed by atoms with E-state index >= 15 is 0 Å². The van der Waals surface area contributed by atoms with Crippen molar-refractivity contribution >= 4 is 17.4 Å². The first-order valence-electron chi connectivity index (χ1n) is 9.10. The zero-order chi connectivity index (χ0) is 19.2. The molecule has 0 radical (unpaired) electrons. The van der Waals surface area contributed by atoms with Crippen LogP contribution in [0.2, 0.25) is 0 Å². The number of nitro groups is 1. The summed E-state index contributed by atoms with van der Waals surface area (Å²) in [6, 6.07) is 10.3. The number of hydrogen-bond donors (Lipinski definition) is 1. The van der Waals surface area contributed by atoms with Gasteiger partial charge in [0.1, 0.15) is 5.76 Å². The van der Waals surface area contributed by atoms with Gasteiger partial charge >= 0.3 is 6.03 Å². The second kappa shape index (κ2) is 8.57. The lowest BCUT2D eigenvalue weighted by Gasteiger charge is -2.36. The van der Waals surface area contributed by atoms with Crippen LogP contribution in [0.4, 0.5) is 16.2 Å². The van der Waals surface area contributed by atoms with E-state index in [-0.39, 0.29) is 17.8 Å². The molecular weight excluding hydrogens is 348 g/mol. The molecule has 1 unspecified atom stereocenters. The maximum absolute atomic E-state index is 12.4. The van der Waals surface area contributed by atoms with Crippen LogP contribution < -0.4 is 10.2 Å². The summed E-state index contributed by atoms with van der Waals surface area (Å²) in [7, 11) is 0. The Labute approximate surface area is 157 Å². The molecule has 1 fully saturated rings. The monoisotopic (exact) mass is 372 g/mol. The predicted molar refractivity (Wildman–Crippen MR) is 102 cm³/mol. The molecule has 8 heteroatoms. The van der Waals surface area contributed by atoms with Gasteiger partial charge in [-0.25, -0.2) is 4.79 Å². The number of nitro benzene ring substituents is 1. The van der Waals surface area contributed by atoms with Gasteiger partial charge in [-0.3, -0.25) is 10.1 Å². The lowest BCUT2D eigenvalue weighted by atomic mass is 10.1. The van der Waals surface area contributed by atoms with E-state index in [0.29, 0.717) is 26.2 Å². The van der Waals surface area contributed by atoms with E-state index in [4.69, 9.17) is 4.42 Å². The third kappa shape index (κ3) is 4.99. The van der Waals surface area contributed by atoms with Crippen molar-refractivity contribution in [1.29, 1.82) is 0 Å². The second-order valence-corrected chi connectivity index (χ2v) is 6.72. The van der Waals surface area contributed by atoms with Crippen molar-refractivity contribution in [3.8, 4) is 0 Å². The number of carbonyl (C=O) groups is 1. The molecule has 2 amide bonds. The number of piperazine rings is 1.